The maximum absolute atomic E-state index is 13.3. The first-order valence-electron chi connectivity index (χ1n) is 8.66. The fraction of sp³-hybridized carbons (Fsp3) is 0.250. The van der Waals surface area contributed by atoms with Crippen molar-refractivity contribution < 1.29 is 14.3 Å². The molecule has 0 saturated carbocycles. The van der Waals surface area contributed by atoms with Gasteiger partial charge in [0.1, 0.15) is 5.69 Å². The highest BCUT2D eigenvalue weighted by Crippen LogP contribution is 2.53. The molecule has 0 N–H and O–H groups in total. The lowest BCUT2D eigenvalue weighted by molar-refractivity contribution is -0.145. The van der Waals surface area contributed by atoms with Crippen LogP contribution in [0, 0.1) is 10.4 Å². The number of carbonyl (C=O) groups is 2. The van der Waals surface area contributed by atoms with Gasteiger partial charge in [0, 0.05) is 6.07 Å². The van der Waals surface area contributed by atoms with Crippen molar-refractivity contribution in [3.63, 3.8) is 0 Å². The van der Waals surface area contributed by atoms with E-state index in [0.29, 0.717) is 5.56 Å². The van der Waals surface area contributed by atoms with Crippen LogP contribution in [-0.2, 0) is 9.53 Å². The van der Waals surface area contributed by atoms with E-state index in [1.54, 1.807) is 49.4 Å². The first-order valence-corrected chi connectivity index (χ1v) is 8.66. The number of benzene rings is 2. The number of quaternary nitrogens is 1. The number of nitrogens with zero attached hydrogens (tertiary/aromatic N) is 2. The lowest BCUT2D eigenvalue weighted by Gasteiger charge is -2.54. The van der Waals surface area contributed by atoms with Gasteiger partial charge in [-0.25, -0.2) is 4.79 Å². The number of esters is 1. The predicted molar refractivity (Wildman–Crippen MR) is 100 cm³/mol. The quantitative estimate of drug-likeness (QED) is 0.473. The summed E-state index contributed by atoms with van der Waals surface area (Å²) in [5.41, 5.74) is -1.66. The van der Waals surface area contributed by atoms with Crippen molar-refractivity contribution in [1.29, 1.82) is 0 Å². The van der Waals surface area contributed by atoms with Crippen LogP contribution in [0.25, 0.3) is 0 Å². The Morgan fingerprint density at radius 3 is 2.48 bits per heavy atom. The Bertz CT molecular complexity index is 940. The SMILES string of the molecule is CCOC(=O)C1N=CC2(C(=O)c3ccccc3[N+]2([O-])[O-])C1c1ccccc1. The van der Waals surface area contributed by atoms with Gasteiger partial charge in [-0.3, -0.25) is 9.79 Å². The van der Waals surface area contributed by atoms with E-state index in [1.807, 2.05) is 0 Å². The summed E-state index contributed by atoms with van der Waals surface area (Å²) in [6.07, 6.45) is 1.08. The van der Waals surface area contributed by atoms with Gasteiger partial charge < -0.3 is 20.0 Å². The Morgan fingerprint density at radius 2 is 1.81 bits per heavy atom. The average Bonchev–Trinajstić information content (AvgIpc) is 3.16. The fourth-order valence-electron chi connectivity index (χ4n) is 4.05. The largest absolute Gasteiger partial charge is 0.625 e. The van der Waals surface area contributed by atoms with Crippen LogP contribution in [0.1, 0.15) is 28.8 Å². The highest BCUT2D eigenvalue weighted by molar-refractivity contribution is 6.24. The topological polar surface area (TPSA) is 102 Å². The maximum Gasteiger partial charge on any atom is 0.331 e. The molecule has 3 atom stereocenters. The second-order valence-corrected chi connectivity index (χ2v) is 6.59. The number of carbonyl (C=O) groups excluding carboxylic acids is 2. The van der Waals surface area contributed by atoms with Crippen molar-refractivity contribution in [2.24, 2.45) is 4.99 Å². The van der Waals surface area contributed by atoms with Gasteiger partial charge in [0.15, 0.2) is 6.04 Å². The molecular formula is C20H17N2O5-. The zero-order valence-electron chi connectivity index (χ0n) is 14.6. The molecule has 7 nitrogen and oxygen atoms in total. The predicted octanol–water partition coefficient (Wildman–Crippen LogP) is 2.72. The molecule has 2 heterocycles. The van der Waals surface area contributed by atoms with E-state index in [2.05, 4.69) is 4.99 Å². The van der Waals surface area contributed by atoms with Crippen molar-refractivity contribution in [1.82, 2.24) is 4.81 Å². The third-order valence-corrected chi connectivity index (χ3v) is 5.23. The molecule has 2 aliphatic rings. The summed E-state index contributed by atoms with van der Waals surface area (Å²) in [6.45, 7) is 1.78. The minimum atomic E-state index is -2.18. The number of Topliss-reactive ketones (excluding diaryl/α,β-unsaturated/α-hetero) is 1. The maximum atomic E-state index is 13.3. The van der Waals surface area contributed by atoms with Crippen LogP contribution in [0.5, 0.6) is 0 Å². The summed E-state index contributed by atoms with van der Waals surface area (Å²) < 4.78 is 5.09. The number of aliphatic imine (C=N–C) groups is 1. The van der Waals surface area contributed by atoms with Gasteiger partial charge in [0.2, 0.25) is 11.3 Å². The zero-order valence-corrected chi connectivity index (χ0v) is 14.6. The molecule has 3 unspecified atom stereocenters. The number of para-hydroxylation sites is 1. The Labute approximate surface area is 155 Å². The second-order valence-electron chi connectivity index (χ2n) is 6.59. The van der Waals surface area contributed by atoms with Gasteiger partial charge in [0.25, 0.3) is 0 Å². The highest BCUT2D eigenvalue weighted by atomic mass is 16.8. The molecular weight excluding hydrogens is 348 g/mol. The molecule has 0 radical (unpaired) electrons. The van der Waals surface area contributed by atoms with Crippen LogP contribution in [0.2, 0.25) is 0 Å². The summed E-state index contributed by atoms with van der Waals surface area (Å²) in [5, 5.41) is 26.6. The van der Waals surface area contributed by atoms with E-state index in [4.69, 9.17) is 4.74 Å². The van der Waals surface area contributed by atoms with Gasteiger partial charge in [-0.1, -0.05) is 42.5 Å². The molecule has 0 aromatic heterocycles. The Morgan fingerprint density at radius 1 is 1.15 bits per heavy atom. The summed E-state index contributed by atoms with van der Waals surface area (Å²) in [6, 6.07) is 13.4. The second kappa shape index (κ2) is 6.09. The third-order valence-electron chi connectivity index (χ3n) is 5.23. The smallest absolute Gasteiger partial charge is 0.331 e. The monoisotopic (exact) mass is 365 g/mol. The molecule has 7 heteroatoms. The molecule has 2 aromatic rings. The minimum Gasteiger partial charge on any atom is -0.625 e. The van der Waals surface area contributed by atoms with Crippen LogP contribution in [0.15, 0.2) is 59.6 Å². The molecule has 0 aliphatic carbocycles. The van der Waals surface area contributed by atoms with Gasteiger partial charge >= 0.3 is 5.97 Å². The Balaban J connectivity index is 1.93. The lowest BCUT2D eigenvalue weighted by atomic mass is 9.75. The van der Waals surface area contributed by atoms with Gasteiger partial charge in [-0.15, -0.1) is 0 Å². The standard InChI is InChI=1S/C20H17N2O5/c1-2-27-19(24)17-16(13-8-4-3-5-9-13)20(12-21-17)18(23)14-10-6-7-11-15(14)22(20,25)26/h3-12,16-17H,2H2,1H3/q-1. The number of hydrogen-bond donors (Lipinski definition) is 0. The first kappa shape index (κ1) is 17.5. The van der Waals surface area contributed by atoms with Crippen molar-refractivity contribution >= 4 is 23.7 Å². The lowest BCUT2D eigenvalue weighted by Crippen LogP contribution is -2.63. The molecule has 1 spiro atoms. The molecule has 27 heavy (non-hydrogen) atoms. The van der Waals surface area contributed by atoms with Gasteiger partial charge in [-0.2, -0.15) is 0 Å². The minimum absolute atomic E-state index is 0.0689. The number of ether oxygens (including phenoxy) is 1. The third kappa shape index (κ3) is 2.22. The van der Waals surface area contributed by atoms with Crippen molar-refractivity contribution in [3.8, 4) is 0 Å². The van der Waals surface area contributed by atoms with E-state index in [1.165, 1.54) is 12.1 Å². The zero-order chi connectivity index (χ0) is 19.2. The molecule has 0 fully saturated rings. The number of fused-ring (bicyclic) bond motifs is 1. The molecule has 138 valence electrons. The molecule has 4 rings (SSSR count). The normalized spacial score (nSPS) is 27.7. The van der Waals surface area contributed by atoms with Crippen LogP contribution < -0.4 is 4.81 Å². The average molecular weight is 365 g/mol. The van der Waals surface area contributed by atoms with E-state index >= 15 is 0 Å². The summed E-state index contributed by atoms with van der Waals surface area (Å²) in [5.74, 6) is -2.33. The summed E-state index contributed by atoms with van der Waals surface area (Å²) >= 11 is 0. The molecule has 0 bridgehead atoms. The molecule has 2 aromatic carbocycles. The van der Waals surface area contributed by atoms with E-state index in [9.17, 15) is 20.0 Å². The van der Waals surface area contributed by atoms with E-state index in [0.717, 1.165) is 6.21 Å². The summed E-state index contributed by atoms with van der Waals surface area (Å²) in [7, 11) is 0. The van der Waals surface area contributed by atoms with Gasteiger partial charge in [-0.05, 0) is 18.6 Å². The number of hydroxylamine groups is 2. The highest BCUT2D eigenvalue weighted by Gasteiger charge is 2.66. The Hall–Kier alpha value is -2.87. The van der Waals surface area contributed by atoms with Crippen molar-refractivity contribution in [2.45, 2.75) is 24.4 Å². The fourth-order valence-corrected chi connectivity index (χ4v) is 4.05. The van der Waals surface area contributed by atoms with Crippen LogP contribution in [0.3, 0.4) is 0 Å². The Kier molecular flexibility index (Phi) is 3.96. The van der Waals surface area contributed by atoms with E-state index < -0.39 is 34.1 Å². The molecule has 2 aliphatic heterocycles. The number of rotatable bonds is 3. The number of ketones is 1. The van der Waals surface area contributed by atoms with E-state index in [-0.39, 0.29) is 17.9 Å². The van der Waals surface area contributed by atoms with Crippen molar-refractivity contribution in [3.05, 3.63) is 76.1 Å². The molecule has 0 amide bonds. The summed E-state index contributed by atoms with van der Waals surface area (Å²) in [4.78, 5) is 27.7. The molecule has 0 saturated heterocycles. The van der Waals surface area contributed by atoms with Crippen LogP contribution >= 0.6 is 0 Å². The van der Waals surface area contributed by atoms with Crippen LogP contribution in [0.4, 0.5) is 5.69 Å². The van der Waals surface area contributed by atoms with Crippen LogP contribution in [-0.4, -0.2) is 36.2 Å². The first-order chi connectivity index (χ1) is 12.9. The van der Waals surface area contributed by atoms with Gasteiger partial charge in [0.05, 0.1) is 24.3 Å². The van der Waals surface area contributed by atoms with Crippen molar-refractivity contribution in [2.75, 3.05) is 6.61 Å². The number of hydrogen-bond acceptors (Lipinski definition) is 6.